The van der Waals surface area contributed by atoms with Gasteiger partial charge >= 0.3 is 5.97 Å². The van der Waals surface area contributed by atoms with Crippen LogP contribution in [0.1, 0.15) is 20.0 Å². The van der Waals surface area contributed by atoms with Crippen molar-refractivity contribution in [1.82, 2.24) is 0 Å². The number of thiophene rings is 1. The van der Waals surface area contributed by atoms with Crippen LogP contribution in [0.25, 0.3) is 0 Å². The van der Waals surface area contributed by atoms with Crippen molar-refractivity contribution in [3.05, 3.63) is 45.1 Å². The number of halogens is 1. The third-order valence-electron chi connectivity index (χ3n) is 2.80. The minimum absolute atomic E-state index is 0.182. The molecule has 0 saturated heterocycles. The maximum Gasteiger partial charge on any atom is 0.338 e. The van der Waals surface area contributed by atoms with Crippen LogP contribution in [-0.4, -0.2) is 32.6 Å². The van der Waals surface area contributed by atoms with Crippen molar-refractivity contribution >= 4 is 34.7 Å². The van der Waals surface area contributed by atoms with Crippen molar-refractivity contribution in [3.63, 3.8) is 0 Å². The van der Waals surface area contributed by atoms with E-state index in [4.69, 9.17) is 25.8 Å². The summed E-state index contributed by atoms with van der Waals surface area (Å²) in [7, 11) is 2.88. The summed E-state index contributed by atoms with van der Waals surface area (Å²) in [5, 5.41) is 2.00. The van der Waals surface area contributed by atoms with Crippen molar-refractivity contribution in [2.75, 3.05) is 20.8 Å². The summed E-state index contributed by atoms with van der Waals surface area (Å²) in [6.07, 6.45) is 0. The van der Waals surface area contributed by atoms with E-state index in [1.165, 1.54) is 37.7 Å². The molecule has 0 aliphatic carbocycles. The Morgan fingerprint density at radius 1 is 1.23 bits per heavy atom. The van der Waals surface area contributed by atoms with Gasteiger partial charge in [0.15, 0.2) is 18.1 Å². The van der Waals surface area contributed by atoms with Crippen molar-refractivity contribution < 1.29 is 23.8 Å². The Hall–Kier alpha value is -2.05. The fourth-order valence-corrected chi connectivity index (χ4v) is 2.70. The first kappa shape index (κ1) is 16.3. The molecule has 0 fully saturated rings. The molecule has 0 aliphatic rings. The smallest absolute Gasteiger partial charge is 0.338 e. The predicted molar refractivity (Wildman–Crippen MR) is 83.5 cm³/mol. The Balaban J connectivity index is 2.10. The zero-order chi connectivity index (χ0) is 16.1. The first-order valence-corrected chi connectivity index (χ1v) is 7.48. The van der Waals surface area contributed by atoms with E-state index in [1.807, 2.05) is 0 Å². The normalized spacial score (nSPS) is 10.1. The number of carbonyl (C=O) groups excluding carboxylic acids is 2. The van der Waals surface area contributed by atoms with Gasteiger partial charge in [0.05, 0.1) is 29.7 Å². The van der Waals surface area contributed by atoms with Gasteiger partial charge in [-0.2, -0.15) is 0 Å². The molecule has 1 aromatic heterocycles. The molecule has 2 rings (SSSR count). The molecule has 0 bridgehead atoms. The molecule has 1 heterocycles. The van der Waals surface area contributed by atoms with Gasteiger partial charge in [-0.3, -0.25) is 4.79 Å². The first-order chi connectivity index (χ1) is 10.6. The highest BCUT2D eigenvalue weighted by Crippen LogP contribution is 2.36. The Kier molecular flexibility index (Phi) is 5.41. The molecule has 0 atom stereocenters. The van der Waals surface area contributed by atoms with Gasteiger partial charge in [-0.25, -0.2) is 4.79 Å². The fourth-order valence-electron chi connectivity index (χ4n) is 1.76. The van der Waals surface area contributed by atoms with Crippen LogP contribution in [0.5, 0.6) is 11.5 Å². The van der Waals surface area contributed by atoms with E-state index >= 15 is 0 Å². The second-order valence-electron chi connectivity index (χ2n) is 4.17. The molecule has 0 aliphatic heterocycles. The average molecular weight is 341 g/mol. The SMILES string of the molecule is COc1cc(C(=O)OCC(=O)c2cccs2)cc(Cl)c1OC. The molecule has 7 heteroatoms. The minimum Gasteiger partial charge on any atom is -0.493 e. The molecular weight excluding hydrogens is 328 g/mol. The molecule has 116 valence electrons. The highest BCUT2D eigenvalue weighted by molar-refractivity contribution is 7.12. The van der Waals surface area contributed by atoms with Crippen LogP contribution < -0.4 is 9.47 Å². The summed E-state index contributed by atoms with van der Waals surface area (Å²) in [6, 6.07) is 6.28. The van der Waals surface area contributed by atoms with Gasteiger partial charge in [0.1, 0.15) is 0 Å². The number of Topliss-reactive ketones (excluding diaryl/α,β-unsaturated/α-hetero) is 1. The standard InChI is InChI=1S/C15H13ClO5S/c1-19-12-7-9(6-10(16)14(12)20-2)15(18)21-8-11(17)13-4-3-5-22-13/h3-7H,8H2,1-2H3. The zero-order valence-electron chi connectivity index (χ0n) is 11.9. The van der Waals surface area contributed by atoms with E-state index < -0.39 is 5.97 Å². The summed E-state index contributed by atoms with van der Waals surface area (Å²) < 4.78 is 15.2. The number of hydrogen-bond acceptors (Lipinski definition) is 6. The van der Waals surface area contributed by atoms with E-state index in [0.29, 0.717) is 16.4 Å². The summed E-state index contributed by atoms with van der Waals surface area (Å²) in [5.74, 6) is -0.274. The number of ketones is 1. The van der Waals surface area contributed by atoms with Crippen LogP contribution >= 0.6 is 22.9 Å². The quantitative estimate of drug-likeness (QED) is 0.595. The first-order valence-electron chi connectivity index (χ1n) is 6.22. The Morgan fingerprint density at radius 3 is 2.59 bits per heavy atom. The van der Waals surface area contributed by atoms with Crippen LogP contribution in [0.3, 0.4) is 0 Å². The lowest BCUT2D eigenvalue weighted by atomic mass is 10.2. The van der Waals surface area contributed by atoms with Gasteiger partial charge in [-0.05, 0) is 23.6 Å². The van der Waals surface area contributed by atoms with Crippen LogP contribution in [0.4, 0.5) is 0 Å². The summed E-state index contributed by atoms with van der Waals surface area (Å²) >= 11 is 7.32. The molecule has 22 heavy (non-hydrogen) atoms. The van der Waals surface area contributed by atoms with Gasteiger partial charge in [0, 0.05) is 0 Å². The van der Waals surface area contributed by atoms with Gasteiger partial charge < -0.3 is 14.2 Å². The lowest BCUT2D eigenvalue weighted by Gasteiger charge is -2.11. The molecule has 0 N–H and O–H groups in total. The number of carbonyl (C=O) groups is 2. The van der Waals surface area contributed by atoms with Crippen molar-refractivity contribution in [1.29, 1.82) is 0 Å². The van der Waals surface area contributed by atoms with Gasteiger partial charge in [0.2, 0.25) is 5.78 Å². The van der Waals surface area contributed by atoms with Crippen molar-refractivity contribution in [2.45, 2.75) is 0 Å². The second kappa shape index (κ2) is 7.29. The topological polar surface area (TPSA) is 61.8 Å². The summed E-state index contributed by atoms with van der Waals surface area (Å²) in [5.41, 5.74) is 0.182. The van der Waals surface area contributed by atoms with Gasteiger partial charge in [-0.1, -0.05) is 17.7 Å². The van der Waals surface area contributed by atoms with Gasteiger partial charge in [0.25, 0.3) is 0 Å². The molecule has 0 unspecified atom stereocenters. The van der Waals surface area contributed by atoms with Crippen LogP contribution in [0, 0.1) is 0 Å². The molecule has 1 aromatic carbocycles. The lowest BCUT2D eigenvalue weighted by Crippen LogP contribution is -2.13. The fraction of sp³-hybridized carbons (Fsp3) is 0.200. The van der Waals surface area contributed by atoms with Gasteiger partial charge in [-0.15, -0.1) is 11.3 Å². The Morgan fingerprint density at radius 2 is 2.00 bits per heavy atom. The molecule has 0 spiro atoms. The predicted octanol–water partition coefficient (Wildman–Crippen LogP) is 3.46. The van der Waals surface area contributed by atoms with Crippen LogP contribution in [-0.2, 0) is 4.74 Å². The van der Waals surface area contributed by atoms with E-state index in [-0.39, 0.29) is 23.0 Å². The molecule has 5 nitrogen and oxygen atoms in total. The third kappa shape index (κ3) is 3.58. The molecule has 2 aromatic rings. The summed E-state index contributed by atoms with van der Waals surface area (Å²) in [4.78, 5) is 24.3. The highest BCUT2D eigenvalue weighted by atomic mass is 35.5. The molecular formula is C15H13ClO5S. The highest BCUT2D eigenvalue weighted by Gasteiger charge is 2.17. The summed E-state index contributed by atoms with van der Waals surface area (Å²) in [6.45, 7) is -0.328. The number of benzene rings is 1. The number of hydrogen-bond donors (Lipinski definition) is 0. The monoisotopic (exact) mass is 340 g/mol. The van der Waals surface area contributed by atoms with E-state index in [1.54, 1.807) is 17.5 Å². The number of esters is 1. The largest absolute Gasteiger partial charge is 0.493 e. The van der Waals surface area contributed by atoms with E-state index in [0.717, 1.165) is 0 Å². The zero-order valence-corrected chi connectivity index (χ0v) is 13.5. The number of methoxy groups -OCH3 is 2. The van der Waals surface area contributed by atoms with Crippen LogP contribution in [0.2, 0.25) is 5.02 Å². The van der Waals surface area contributed by atoms with E-state index in [2.05, 4.69) is 0 Å². The third-order valence-corrected chi connectivity index (χ3v) is 3.99. The molecule has 0 amide bonds. The lowest BCUT2D eigenvalue weighted by molar-refractivity contribution is 0.0475. The number of rotatable bonds is 6. The minimum atomic E-state index is -0.659. The average Bonchev–Trinajstić information content (AvgIpc) is 3.05. The maximum atomic E-state index is 12.0. The molecule has 0 radical (unpaired) electrons. The van der Waals surface area contributed by atoms with Crippen molar-refractivity contribution in [3.8, 4) is 11.5 Å². The van der Waals surface area contributed by atoms with Crippen molar-refractivity contribution in [2.24, 2.45) is 0 Å². The van der Waals surface area contributed by atoms with Crippen LogP contribution in [0.15, 0.2) is 29.6 Å². The Bertz CT molecular complexity index is 681. The second-order valence-corrected chi connectivity index (χ2v) is 5.53. The number of ether oxygens (including phenoxy) is 3. The van der Waals surface area contributed by atoms with E-state index in [9.17, 15) is 9.59 Å². The maximum absolute atomic E-state index is 12.0. The molecule has 0 saturated carbocycles. The Labute approximate surface area is 136 Å².